The molecular formula is C12H15FO2. The maximum atomic E-state index is 13.3. The number of hydrogen-bond acceptors (Lipinski definition) is 2. The van der Waals surface area contributed by atoms with E-state index in [4.69, 9.17) is 4.74 Å². The first-order valence-electron chi connectivity index (χ1n) is 4.91. The summed E-state index contributed by atoms with van der Waals surface area (Å²) in [4.78, 5) is 10.8. The van der Waals surface area contributed by atoms with Gasteiger partial charge in [-0.25, -0.2) is 4.39 Å². The van der Waals surface area contributed by atoms with Crippen LogP contribution < -0.4 is 4.74 Å². The summed E-state index contributed by atoms with van der Waals surface area (Å²) in [5, 5.41) is 0. The first kappa shape index (κ1) is 11.7. The molecule has 2 nitrogen and oxygen atoms in total. The summed E-state index contributed by atoms with van der Waals surface area (Å²) in [5.74, 6) is -0.143. The van der Waals surface area contributed by atoms with E-state index in [2.05, 4.69) is 0 Å². The fourth-order valence-electron chi connectivity index (χ4n) is 1.36. The Morgan fingerprint density at radius 2 is 2.20 bits per heavy atom. The van der Waals surface area contributed by atoms with E-state index >= 15 is 0 Å². The van der Waals surface area contributed by atoms with Crippen LogP contribution in [0.4, 0.5) is 4.39 Å². The van der Waals surface area contributed by atoms with E-state index < -0.39 is 5.82 Å². The number of rotatable bonds is 4. The van der Waals surface area contributed by atoms with E-state index in [1.807, 2.05) is 6.92 Å². The van der Waals surface area contributed by atoms with Gasteiger partial charge < -0.3 is 4.74 Å². The van der Waals surface area contributed by atoms with E-state index in [-0.39, 0.29) is 17.6 Å². The smallest absolute Gasteiger partial charge is 0.165 e. The molecule has 0 bridgehead atoms. The lowest BCUT2D eigenvalue weighted by atomic mass is 10.2. The summed E-state index contributed by atoms with van der Waals surface area (Å²) in [6, 6.07) is 4.68. The molecule has 0 aliphatic carbocycles. The van der Waals surface area contributed by atoms with Crippen molar-refractivity contribution in [3.05, 3.63) is 29.6 Å². The van der Waals surface area contributed by atoms with Gasteiger partial charge in [-0.05, 0) is 38.5 Å². The number of aryl methyl sites for hydroxylation is 1. The summed E-state index contributed by atoms with van der Waals surface area (Å²) < 4.78 is 18.6. The molecule has 0 saturated carbocycles. The minimum Gasteiger partial charge on any atom is -0.487 e. The van der Waals surface area contributed by atoms with Crippen LogP contribution in [0.2, 0.25) is 0 Å². The third kappa shape index (κ3) is 3.70. The summed E-state index contributed by atoms with van der Waals surface area (Å²) in [6.45, 7) is 5.11. The first-order chi connectivity index (χ1) is 6.99. The van der Waals surface area contributed by atoms with Crippen molar-refractivity contribution in [2.24, 2.45) is 0 Å². The quantitative estimate of drug-likeness (QED) is 0.763. The van der Waals surface area contributed by atoms with Gasteiger partial charge in [0, 0.05) is 6.42 Å². The predicted molar refractivity (Wildman–Crippen MR) is 56.5 cm³/mol. The second-order valence-corrected chi connectivity index (χ2v) is 3.77. The lowest BCUT2D eigenvalue weighted by molar-refractivity contribution is -0.118. The Bertz CT molecular complexity index is 361. The normalized spacial score (nSPS) is 12.3. The molecule has 0 spiro atoms. The van der Waals surface area contributed by atoms with E-state index in [1.165, 1.54) is 13.0 Å². The highest BCUT2D eigenvalue weighted by Crippen LogP contribution is 2.20. The molecule has 3 heteroatoms. The standard InChI is InChI=1S/C12H15FO2/c1-8-4-5-11(13)12(6-8)15-10(3)7-9(2)14/h4-6,10H,7H2,1-3H3. The fraction of sp³-hybridized carbons (Fsp3) is 0.417. The van der Waals surface area contributed by atoms with Crippen molar-refractivity contribution < 1.29 is 13.9 Å². The van der Waals surface area contributed by atoms with Crippen LogP contribution in [-0.2, 0) is 4.79 Å². The average molecular weight is 210 g/mol. The number of carbonyl (C=O) groups is 1. The topological polar surface area (TPSA) is 26.3 Å². The molecule has 1 unspecified atom stereocenters. The second kappa shape index (κ2) is 4.91. The zero-order valence-electron chi connectivity index (χ0n) is 9.21. The molecule has 0 saturated heterocycles. The lowest BCUT2D eigenvalue weighted by Gasteiger charge is -2.14. The van der Waals surface area contributed by atoms with Gasteiger partial charge in [0.05, 0.1) is 0 Å². The molecule has 1 aromatic rings. The number of benzene rings is 1. The SMILES string of the molecule is CC(=O)CC(C)Oc1cc(C)ccc1F. The minimum absolute atomic E-state index is 0.0376. The van der Waals surface area contributed by atoms with Crippen molar-refractivity contribution in [3.63, 3.8) is 0 Å². The molecule has 0 fully saturated rings. The second-order valence-electron chi connectivity index (χ2n) is 3.77. The Morgan fingerprint density at radius 1 is 1.53 bits per heavy atom. The number of halogens is 1. The van der Waals surface area contributed by atoms with E-state index in [1.54, 1.807) is 19.1 Å². The first-order valence-corrected chi connectivity index (χ1v) is 4.91. The van der Waals surface area contributed by atoms with Crippen molar-refractivity contribution in [2.75, 3.05) is 0 Å². The molecule has 0 aliphatic heterocycles. The van der Waals surface area contributed by atoms with E-state index in [9.17, 15) is 9.18 Å². The molecule has 0 N–H and O–H groups in total. The van der Waals surface area contributed by atoms with Gasteiger partial charge >= 0.3 is 0 Å². The predicted octanol–water partition coefficient (Wildman–Crippen LogP) is 2.88. The third-order valence-electron chi connectivity index (χ3n) is 1.99. The van der Waals surface area contributed by atoms with Crippen molar-refractivity contribution in [1.29, 1.82) is 0 Å². The maximum Gasteiger partial charge on any atom is 0.165 e. The maximum absolute atomic E-state index is 13.3. The van der Waals surface area contributed by atoms with E-state index in [0.717, 1.165) is 5.56 Å². The highest BCUT2D eigenvalue weighted by atomic mass is 19.1. The Hall–Kier alpha value is -1.38. The van der Waals surface area contributed by atoms with Crippen LogP contribution in [0.5, 0.6) is 5.75 Å². The largest absolute Gasteiger partial charge is 0.487 e. The van der Waals surface area contributed by atoms with Crippen LogP contribution in [0.1, 0.15) is 25.8 Å². The Morgan fingerprint density at radius 3 is 2.80 bits per heavy atom. The van der Waals surface area contributed by atoms with Crippen molar-refractivity contribution in [2.45, 2.75) is 33.3 Å². The molecule has 0 heterocycles. The van der Waals surface area contributed by atoms with Gasteiger partial charge in [-0.2, -0.15) is 0 Å². The average Bonchev–Trinajstić information content (AvgIpc) is 2.10. The van der Waals surface area contributed by atoms with Crippen LogP contribution in [0.3, 0.4) is 0 Å². The molecular weight excluding hydrogens is 195 g/mol. The fourth-order valence-corrected chi connectivity index (χ4v) is 1.36. The van der Waals surface area contributed by atoms with Gasteiger partial charge in [0.2, 0.25) is 0 Å². The molecule has 1 aromatic carbocycles. The molecule has 1 atom stereocenters. The zero-order valence-corrected chi connectivity index (χ0v) is 9.21. The number of Topliss-reactive ketones (excluding diaryl/α,β-unsaturated/α-hetero) is 1. The highest BCUT2D eigenvalue weighted by molar-refractivity contribution is 5.75. The number of hydrogen-bond donors (Lipinski definition) is 0. The van der Waals surface area contributed by atoms with Crippen LogP contribution in [0.15, 0.2) is 18.2 Å². The molecule has 0 aliphatic rings. The number of carbonyl (C=O) groups excluding carboxylic acids is 1. The lowest BCUT2D eigenvalue weighted by Crippen LogP contribution is -2.16. The highest BCUT2D eigenvalue weighted by Gasteiger charge is 2.10. The van der Waals surface area contributed by atoms with Crippen molar-refractivity contribution in [1.82, 2.24) is 0 Å². The molecule has 1 rings (SSSR count). The Labute approximate surface area is 89.1 Å². The van der Waals surface area contributed by atoms with Crippen LogP contribution in [0.25, 0.3) is 0 Å². The number of ketones is 1. The van der Waals surface area contributed by atoms with Crippen LogP contribution in [-0.4, -0.2) is 11.9 Å². The van der Waals surface area contributed by atoms with Gasteiger partial charge in [-0.1, -0.05) is 6.07 Å². The van der Waals surface area contributed by atoms with Gasteiger partial charge in [0.25, 0.3) is 0 Å². The van der Waals surface area contributed by atoms with Gasteiger partial charge in [0.15, 0.2) is 11.6 Å². The molecule has 15 heavy (non-hydrogen) atoms. The Kier molecular flexibility index (Phi) is 3.83. The summed E-state index contributed by atoms with van der Waals surface area (Å²) >= 11 is 0. The third-order valence-corrected chi connectivity index (χ3v) is 1.99. The van der Waals surface area contributed by atoms with E-state index in [0.29, 0.717) is 6.42 Å². The van der Waals surface area contributed by atoms with Crippen LogP contribution >= 0.6 is 0 Å². The van der Waals surface area contributed by atoms with Gasteiger partial charge in [-0.15, -0.1) is 0 Å². The summed E-state index contributed by atoms with van der Waals surface area (Å²) in [7, 11) is 0. The molecule has 0 amide bonds. The van der Waals surface area contributed by atoms with Crippen molar-refractivity contribution >= 4 is 5.78 Å². The zero-order chi connectivity index (χ0) is 11.4. The number of ether oxygens (including phenoxy) is 1. The molecule has 0 aromatic heterocycles. The van der Waals surface area contributed by atoms with Gasteiger partial charge in [-0.3, -0.25) is 4.79 Å². The Balaban J connectivity index is 2.71. The molecule has 0 radical (unpaired) electrons. The monoisotopic (exact) mass is 210 g/mol. The van der Waals surface area contributed by atoms with Crippen LogP contribution in [0, 0.1) is 12.7 Å². The minimum atomic E-state index is -0.393. The van der Waals surface area contributed by atoms with Crippen molar-refractivity contribution in [3.8, 4) is 5.75 Å². The summed E-state index contributed by atoms with van der Waals surface area (Å²) in [6.07, 6.45) is 0.00621. The molecule has 82 valence electrons. The summed E-state index contributed by atoms with van der Waals surface area (Å²) in [5.41, 5.74) is 0.932. The van der Waals surface area contributed by atoms with Gasteiger partial charge in [0.1, 0.15) is 11.9 Å².